The van der Waals surface area contributed by atoms with E-state index in [-0.39, 0.29) is 11.1 Å². The summed E-state index contributed by atoms with van der Waals surface area (Å²) < 4.78 is 38.4. The lowest BCUT2D eigenvalue weighted by molar-refractivity contribution is 0.0600. The van der Waals surface area contributed by atoms with E-state index < -0.39 is 17.5 Å². The molecule has 0 radical (unpaired) electrons. The molecular formula is C22H27F2N3O3. The second-order valence-electron chi connectivity index (χ2n) is 8.18. The maximum absolute atomic E-state index is 14.3. The molecule has 8 heteroatoms. The van der Waals surface area contributed by atoms with Gasteiger partial charge in [0.15, 0.2) is 0 Å². The molecule has 6 nitrogen and oxygen atoms in total. The van der Waals surface area contributed by atoms with Gasteiger partial charge in [-0.2, -0.15) is 0 Å². The fourth-order valence-electron chi connectivity index (χ4n) is 3.54. The number of methoxy groups -OCH3 is 1. The van der Waals surface area contributed by atoms with Crippen LogP contribution in [0.15, 0.2) is 30.6 Å². The third kappa shape index (κ3) is 5.95. The van der Waals surface area contributed by atoms with E-state index in [1.807, 2.05) is 0 Å². The van der Waals surface area contributed by atoms with Crippen molar-refractivity contribution in [1.29, 1.82) is 0 Å². The molecule has 2 heterocycles. The second kappa shape index (κ2) is 9.47. The van der Waals surface area contributed by atoms with E-state index in [1.54, 1.807) is 13.8 Å². The van der Waals surface area contributed by atoms with Gasteiger partial charge in [0.05, 0.1) is 37.4 Å². The van der Waals surface area contributed by atoms with Gasteiger partial charge in [-0.25, -0.2) is 23.5 Å². The van der Waals surface area contributed by atoms with Crippen molar-refractivity contribution < 1.29 is 23.0 Å². The first-order valence-corrected chi connectivity index (χ1v) is 9.99. The van der Waals surface area contributed by atoms with Gasteiger partial charge in [-0.05, 0) is 63.9 Å². The average Bonchev–Trinajstić information content (AvgIpc) is 2.72. The number of rotatable bonds is 7. The van der Waals surface area contributed by atoms with E-state index in [1.165, 1.54) is 31.6 Å². The third-order valence-electron chi connectivity index (χ3n) is 5.07. The SMILES string of the molecule is COC(=O)c1ccc(-c2cnc(OCC3CCN(CC(C)(C)F)CC3)cn2)c(F)c1. The first kappa shape index (κ1) is 22.1. The van der Waals surface area contributed by atoms with Crippen molar-refractivity contribution in [3.63, 3.8) is 0 Å². The Morgan fingerprint density at radius 3 is 2.53 bits per heavy atom. The summed E-state index contributed by atoms with van der Waals surface area (Å²) in [7, 11) is 1.24. The predicted molar refractivity (Wildman–Crippen MR) is 109 cm³/mol. The van der Waals surface area contributed by atoms with E-state index in [4.69, 9.17) is 4.74 Å². The summed E-state index contributed by atoms with van der Waals surface area (Å²) in [6, 6.07) is 4.06. The molecule has 1 aliphatic rings. The molecule has 162 valence electrons. The molecule has 2 aromatic rings. The highest BCUT2D eigenvalue weighted by atomic mass is 19.1. The van der Waals surface area contributed by atoms with Gasteiger partial charge in [-0.3, -0.25) is 0 Å². The van der Waals surface area contributed by atoms with Crippen LogP contribution in [0.3, 0.4) is 0 Å². The van der Waals surface area contributed by atoms with E-state index >= 15 is 0 Å². The zero-order chi connectivity index (χ0) is 21.7. The highest BCUT2D eigenvalue weighted by Crippen LogP contribution is 2.24. The van der Waals surface area contributed by atoms with Crippen molar-refractivity contribution in [2.24, 2.45) is 5.92 Å². The molecule has 3 rings (SSSR count). The minimum Gasteiger partial charge on any atom is -0.476 e. The largest absolute Gasteiger partial charge is 0.476 e. The summed E-state index contributed by atoms with van der Waals surface area (Å²) in [4.78, 5) is 22.1. The van der Waals surface area contributed by atoms with Crippen molar-refractivity contribution in [2.45, 2.75) is 32.4 Å². The van der Waals surface area contributed by atoms with Crippen LogP contribution in [0.5, 0.6) is 5.88 Å². The number of alkyl halides is 1. The van der Waals surface area contributed by atoms with Crippen LogP contribution in [-0.4, -0.2) is 59.9 Å². The van der Waals surface area contributed by atoms with Crippen molar-refractivity contribution in [3.8, 4) is 17.1 Å². The summed E-state index contributed by atoms with van der Waals surface area (Å²) in [6.45, 7) is 5.88. The minimum absolute atomic E-state index is 0.132. The van der Waals surface area contributed by atoms with Gasteiger partial charge in [0.25, 0.3) is 0 Å². The van der Waals surface area contributed by atoms with Crippen molar-refractivity contribution in [2.75, 3.05) is 33.4 Å². The van der Waals surface area contributed by atoms with Crippen molar-refractivity contribution in [3.05, 3.63) is 42.0 Å². The molecule has 1 aliphatic heterocycles. The zero-order valence-corrected chi connectivity index (χ0v) is 17.5. The molecule has 0 saturated carbocycles. The number of carbonyl (C=O) groups is 1. The molecule has 0 spiro atoms. The highest BCUT2D eigenvalue weighted by Gasteiger charge is 2.25. The van der Waals surface area contributed by atoms with Gasteiger partial charge in [-0.15, -0.1) is 0 Å². The number of nitrogens with zero attached hydrogens (tertiary/aromatic N) is 3. The van der Waals surface area contributed by atoms with E-state index in [9.17, 15) is 13.6 Å². The molecule has 0 unspecified atom stereocenters. The number of aromatic nitrogens is 2. The summed E-state index contributed by atoms with van der Waals surface area (Å²) in [5.41, 5.74) is -0.462. The standard InChI is InChI=1S/C22H27F2N3O3/c1-22(2,24)14-27-8-6-15(7-9-27)13-30-20-12-25-19(11-26-20)17-5-4-16(10-18(17)23)21(28)29-3/h4-5,10-12,15H,6-9,13-14H2,1-3H3. The number of likely N-dealkylation sites (tertiary alicyclic amines) is 1. The summed E-state index contributed by atoms with van der Waals surface area (Å²) in [5.74, 6) is -0.426. The third-order valence-corrected chi connectivity index (χ3v) is 5.07. The Kier molecular flexibility index (Phi) is 6.97. The molecule has 1 fully saturated rings. The molecule has 0 amide bonds. The van der Waals surface area contributed by atoms with Crippen LogP contribution in [0.2, 0.25) is 0 Å². The zero-order valence-electron chi connectivity index (χ0n) is 17.5. The van der Waals surface area contributed by atoms with Gasteiger partial charge in [0, 0.05) is 12.1 Å². The fourth-order valence-corrected chi connectivity index (χ4v) is 3.54. The predicted octanol–water partition coefficient (Wildman–Crippen LogP) is 3.91. The van der Waals surface area contributed by atoms with Gasteiger partial charge in [0.1, 0.15) is 11.5 Å². The average molecular weight is 419 g/mol. The first-order valence-electron chi connectivity index (χ1n) is 9.99. The summed E-state index contributed by atoms with van der Waals surface area (Å²) >= 11 is 0. The molecule has 0 bridgehead atoms. The van der Waals surface area contributed by atoms with Crippen LogP contribution >= 0.6 is 0 Å². The second-order valence-corrected chi connectivity index (χ2v) is 8.18. The summed E-state index contributed by atoms with van der Waals surface area (Å²) in [5, 5.41) is 0. The number of benzene rings is 1. The van der Waals surface area contributed by atoms with E-state index in [2.05, 4.69) is 19.6 Å². The van der Waals surface area contributed by atoms with Crippen LogP contribution in [-0.2, 0) is 4.74 Å². The number of ether oxygens (including phenoxy) is 2. The van der Waals surface area contributed by atoms with E-state index in [0.29, 0.717) is 30.6 Å². The summed E-state index contributed by atoms with van der Waals surface area (Å²) in [6.07, 6.45) is 4.79. The number of hydrogen-bond acceptors (Lipinski definition) is 6. The van der Waals surface area contributed by atoms with Crippen LogP contribution < -0.4 is 4.74 Å². The van der Waals surface area contributed by atoms with Gasteiger partial charge < -0.3 is 14.4 Å². The molecule has 0 N–H and O–H groups in total. The maximum Gasteiger partial charge on any atom is 0.337 e. The maximum atomic E-state index is 14.3. The monoisotopic (exact) mass is 419 g/mol. The topological polar surface area (TPSA) is 64.6 Å². The number of esters is 1. The Hall–Kier alpha value is -2.61. The number of halogens is 2. The Morgan fingerprint density at radius 2 is 1.97 bits per heavy atom. The van der Waals surface area contributed by atoms with Gasteiger partial charge in [0.2, 0.25) is 5.88 Å². The van der Waals surface area contributed by atoms with Crippen LogP contribution in [0.25, 0.3) is 11.3 Å². The Bertz CT molecular complexity index is 861. The van der Waals surface area contributed by atoms with Crippen molar-refractivity contribution in [1.82, 2.24) is 14.9 Å². The van der Waals surface area contributed by atoms with Crippen LogP contribution in [0, 0.1) is 11.7 Å². The number of carbonyl (C=O) groups excluding carboxylic acids is 1. The van der Waals surface area contributed by atoms with Crippen LogP contribution in [0.4, 0.5) is 8.78 Å². The lowest BCUT2D eigenvalue weighted by Crippen LogP contribution is -2.41. The molecule has 1 aromatic carbocycles. The van der Waals surface area contributed by atoms with Crippen LogP contribution in [0.1, 0.15) is 37.0 Å². The quantitative estimate of drug-likeness (QED) is 0.634. The Morgan fingerprint density at radius 1 is 1.23 bits per heavy atom. The normalized spacial score (nSPS) is 15.8. The number of piperidine rings is 1. The molecule has 1 saturated heterocycles. The minimum atomic E-state index is -1.18. The molecule has 0 aliphatic carbocycles. The molecule has 1 aromatic heterocycles. The Labute approximate surface area is 175 Å². The van der Waals surface area contributed by atoms with Gasteiger partial charge in [-0.1, -0.05) is 0 Å². The molecule has 30 heavy (non-hydrogen) atoms. The lowest BCUT2D eigenvalue weighted by atomic mass is 9.97. The first-order chi connectivity index (χ1) is 14.2. The lowest BCUT2D eigenvalue weighted by Gasteiger charge is -2.34. The molecular weight excluding hydrogens is 392 g/mol. The van der Waals surface area contributed by atoms with E-state index in [0.717, 1.165) is 32.0 Å². The Balaban J connectivity index is 1.53. The smallest absolute Gasteiger partial charge is 0.337 e. The van der Waals surface area contributed by atoms with Gasteiger partial charge >= 0.3 is 5.97 Å². The fraction of sp³-hybridized carbons (Fsp3) is 0.500. The molecule has 0 atom stereocenters. The highest BCUT2D eigenvalue weighted by molar-refractivity contribution is 5.89. The number of hydrogen-bond donors (Lipinski definition) is 0. The van der Waals surface area contributed by atoms with Crippen molar-refractivity contribution >= 4 is 5.97 Å².